The van der Waals surface area contributed by atoms with Crippen LogP contribution in [-0.4, -0.2) is 73.4 Å². The lowest BCUT2D eigenvalue weighted by Gasteiger charge is -2.32. The zero-order valence-corrected chi connectivity index (χ0v) is 18.4. The first-order chi connectivity index (χ1) is 14.0. The van der Waals surface area contributed by atoms with Crippen LogP contribution in [0, 0.1) is 0 Å². The van der Waals surface area contributed by atoms with E-state index in [4.69, 9.17) is 21.1 Å². The van der Waals surface area contributed by atoms with E-state index in [1.807, 2.05) is 24.3 Å². The van der Waals surface area contributed by atoms with E-state index in [1.54, 1.807) is 0 Å². The van der Waals surface area contributed by atoms with Crippen LogP contribution in [0.3, 0.4) is 0 Å². The second kappa shape index (κ2) is 10.1. The van der Waals surface area contributed by atoms with Crippen LogP contribution in [0.15, 0.2) is 24.3 Å². The van der Waals surface area contributed by atoms with Gasteiger partial charge in [0, 0.05) is 30.2 Å². The Bertz CT molecular complexity index is 814. The van der Waals surface area contributed by atoms with Crippen molar-refractivity contribution in [1.82, 2.24) is 20.0 Å². The Hall–Kier alpha value is -2.09. The average Bonchev–Trinajstić information content (AvgIpc) is 2.70. The molecular formula is C21H30ClN5O2. The molecule has 1 aromatic carbocycles. The molecule has 1 aliphatic heterocycles. The molecule has 0 radical (unpaired) electrons. The highest BCUT2D eigenvalue weighted by atomic mass is 35.5. The van der Waals surface area contributed by atoms with Gasteiger partial charge >= 0.3 is 0 Å². The smallest absolute Gasteiger partial charge is 0.263 e. The third-order valence-corrected chi connectivity index (χ3v) is 5.20. The van der Waals surface area contributed by atoms with Crippen molar-refractivity contribution in [2.75, 3.05) is 58.3 Å². The summed E-state index contributed by atoms with van der Waals surface area (Å²) in [5, 5.41) is 9.10. The fraction of sp³-hybridized carbons (Fsp3) is 0.524. The van der Waals surface area contributed by atoms with E-state index in [9.17, 15) is 0 Å². The van der Waals surface area contributed by atoms with Crippen LogP contribution >= 0.6 is 11.6 Å². The molecule has 0 unspecified atom stereocenters. The summed E-state index contributed by atoms with van der Waals surface area (Å²) >= 11 is 6.16. The minimum Gasteiger partial charge on any atom is -0.475 e. The lowest BCUT2D eigenvalue weighted by Crippen LogP contribution is -2.28. The van der Waals surface area contributed by atoms with Gasteiger partial charge in [-0.1, -0.05) is 25.4 Å². The molecule has 0 fully saturated rings. The quantitative estimate of drug-likeness (QED) is 0.575. The summed E-state index contributed by atoms with van der Waals surface area (Å²) in [5.41, 5.74) is 1.84. The number of likely N-dealkylation sites (N-methyl/N-ethyl adjacent to an activating group) is 1. The van der Waals surface area contributed by atoms with E-state index in [0.717, 1.165) is 50.5 Å². The molecule has 2 heterocycles. The van der Waals surface area contributed by atoms with Crippen molar-refractivity contribution in [1.29, 1.82) is 0 Å². The molecule has 3 rings (SSSR count). The van der Waals surface area contributed by atoms with Crippen molar-refractivity contribution in [3.8, 4) is 17.5 Å². The van der Waals surface area contributed by atoms with E-state index < -0.39 is 0 Å². The van der Waals surface area contributed by atoms with Crippen molar-refractivity contribution in [3.05, 3.63) is 29.3 Å². The number of fused-ring (bicyclic) bond motifs is 2. The van der Waals surface area contributed by atoms with Crippen molar-refractivity contribution in [3.63, 3.8) is 0 Å². The average molecular weight is 420 g/mol. The molecule has 1 aliphatic rings. The fourth-order valence-electron chi connectivity index (χ4n) is 3.32. The SMILES string of the molecule is CCN(CC)CCOc1cc2c(nn1)Oc1cc(Cl)ccc1N2CCCN(C)C. The van der Waals surface area contributed by atoms with Gasteiger partial charge in [0.2, 0.25) is 5.88 Å². The molecular weight excluding hydrogens is 390 g/mol. The number of aromatic nitrogens is 2. The zero-order valence-electron chi connectivity index (χ0n) is 17.7. The van der Waals surface area contributed by atoms with Gasteiger partial charge in [-0.2, -0.15) is 0 Å². The van der Waals surface area contributed by atoms with Gasteiger partial charge in [0.15, 0.2) is 5.75 Å². The number of hydrogen-bond donors (Lipinski definition) is 0. The maximum absolute atomic E-state index is 6.16. The van der Waals surface area contributed by atoms with Gasteiger partial charge < -0.3 is 24.2 Å². The van der Waals surface area contributed by atoms with Gasteiger partial charge in [0.1, 0.15) is 12.3 Å². The number of nitrogens with zero attached hydrogens (tertiary/aromatic N) is 5. The summed E-state index contributed by atoms with van der Waals surface area (Å²) < 4.78 is 11.9. The molecule has 0 saturated heterocycles. The third kappa shape index (κ3) is 5.50. The Balaban J connectivity index is 1.80. The highest BCUT2D eigenvalue weighted by molar-refractivity contribution is 6.30. The van der Waals surface area contributed by atoms with E-state index in [0.29, 0.717) is 29.1 Å². The van der Waals surface area contributed by atoms with Gasteiger partial charge in [0.25, 0.3) is 5.88 Å². The number of anilines is 2. The van der Waals surface area contributed by atoms with Crippen LogP contribution in [0.5, 0.6) is 17.5 Å². The van der Waals surface area contributed by atoms with Crippen LogP contribution in [0.25, 0.3) is 0 Å². The molecule has 0 spiro atoms. The normalized spacial score (nSPS) is 12.7. The maximum atomic E-state index is 6.16. The van der Waals surface area contributed by atoms with Gasteiger partial charge in [-0.05, 0) is 52.3 Å². The highest BCUT2D eigenvalue weighted by Gasteiger charge is 2.27. The summed E-state index contributed by atoms with van der Waals surface area (Å²) in [7, 11) is 4.16. The molecule has 7 nitrogen and oxygen atoms in total. The number of benzene rings is 1. The predicted octanol–water partition coefficient (Wildman–Crippen LogP) is 4.05. The molecule has 29 heavy (non-hydrogen) atoms. The number of ether oxygens (including phenoxy) is 2. The minimum absolute atomic E-state index is 0.473. The van der Waals surface area contributed by atoms with E-state index in [1.165, 1.54) is 0 Å². The lowest BCUT2D eigenvalue weighted by molar-refractivity contribution is 0.216. The highest BCUT2D eigenvalue weighted by Crippen LogP contribution is 2.46. The standard InChI is InChI=1S/C21H30ClN5O2/c1-5-26(6-2)12-13-28-20-15-18-21(24-23-20)29-19-14-16(22)8-9-17(19)27(18)11-7-10-25(3)4/h8-9,14-15H,5-7,10-13H2,1-4H3. The van der Waals surface area contributed by atoms with E-state index >= 15 is 0 Å². The predicted molar refractivity (Wildman–Crippen MR) is 117 cm³/mol. The first-order valence-corrected chi connectivity index (χ1v) is 10.5. The van der Waals surface area contributed by atoms with Gasteiger partial charge in [-0.25, -0.2) is 0 Å². The molecule has 2 aromatic rings. The second-order valence-electron chi connectivity index (χ2n) is 7.27. The van der Waals surface area contributed by atoms with Gasteiger partial charge in [-0.3, -0.25) is 0 Å². The summed E-state index contributed by atoms with van der Waals surface area (Å²) in [6.07, 6.45) is 0.995. The molecule has 0 amide bonds. The third-order valence-electron chi connectivity index (χ3n) is 4.97. The van der Waals surface area contributed by atoms with Crippen LogP contribution in [0.2, 0.25) is 5.02 Å². The molecule has 158 valence electrons. The van der Waals surface area contributed by atoms with Crippen LogP contribution in [-0.2, 0) is 0 Å². The van der Waals surface area contributed by atoms with Crippen molar-refractivity contribution in [2.45, 2.75) is 20.3 Å². The Morgan fingerprint density at radius 3 is 2.59 bits per heavy atom. The van der Waals surface area contributed by atoms with Crippen LogP contribution in [0.1, 0.15) is 20.3 Å². The first kappa shape index (κ1) is 21.6. The Kier molecular flexibility index (Phi) is 7.52. The Morgan fingerprint density at radius 2 is 1.86 bits per heavy atom. The largest absolute Gasteiger partial charge is 0.475 e. The molecule has 0 bridgehead atoms. The second-order valence-corrected chi connectivity index (χ2v) is 7.71. The molecule has 0 atom stereocenters. The maximum Gasteiger partial charge on any atom is 0.263 e. The Labute approximate surface area is 178 Å². The molecule has 0 N–H and O–H groups in total. The molecule has 1 aromatic heterocycles. The summed E-state index contributed by atoms with van der Waals surface area (Å²) in [6.45, 7) is 9.54. The summed E-state index contributed by atoms with van der Waals surface area (Å²) in [6, 6.07) is 7.59. The minimum atomic E-state index is 0.473. The van der Waals surface area contributed by atoms with Crippen molar-refractivity contribution >= 4 is 23.0 Å². The zero-order chi connectivity index (χ0) is 20.8. The fourth-order valence-corrected chi connectivity index (χ4v) is 3.48. The van der Waals surface area contributed by atoms with Crippen molar-refractivity contribution in [2.24, 2.45) is 0 Å². The van der Waals surface area contributed by atoms with Crippen LogP contribution < -0.4 is 14.4 Å². The van der Waals surface area contributed by atoms with Gasteiger partial charge in [-0.15, -0.1) is 10.2 Å². The van der Waals surface area contributed by atoms with E-state index in [-0.39, 0.29) is 0 Å². The van der Waals surface area contributed by atoms with E-state index in [2.05, 4.69) is 52.8 Å². The molecule has 0 aliphatic carbocycles. The Morgan fingerprint density at radius 1 is 1.07 bits per heavy atom. The molecule has 0 saturated carbocycles. The van der Waals surface area contributed by atoms with Crippen LogP contribution in [0.4, 0.5) is 11.4 Å². The monoisotopic (exact) mass is 419 g/mol. The number of halogens is 1. The number of hydrogen-bond acceptors (Lipinski definition) is 7. The van der Waals surface area contributed by atoms with Gasteiger partial charge in [0.05, 0.1) is 5.69 Å². The van der Waals surface area contributed by atoms with Crippen molar-refractivity contribution < 1.29 is 9.47 Å². The lowest BCUT2D eigenvalue weighted by atomic mass is 10.2. The summed E-state index contributed by atoms with van der Waals surface area (Å²) in [5.74, 6) is 1.68. The molecule has 8 heteroatoms. The number of rotatable bonds is 10. The topological polar surface area (TPSA) is 54.0 Å². The first-order valence-electron chi connectivity index (χ1n) is 10.1. The summed E-state index contributed by atoms with van der Waals surface area (Å²) in [4.78, 5) is 6.69.